The lowest BCUT2D eigenvalue weighted by Gasteiger charge is -2.32. The third-order valence-corrected chi connectivity index (χ3v) is 5.83. The van der Waals surface area contributed by atoms with Gasteiger partial charge in [0, 0.05) is 0 Å². The molecule has 0 aromatic carbocycles. The third-order valence-electron chi connectivity index (χ3n) is 5.83. The average molecular weight is 355 g/mol. The van der Waals surface area contributed by atoms with E-state index < -0.39 is 17.4 Å². The van der Waals surface area contributed by atoms with E-state index >= 15 is 0 Å². The molecule has 0 heterocycles. The topological polar surface area (TPSA) is 63.6 Å². The van der Waals surface area contributed by atoms with Gasteiger partial charge in [0.05, 0.1) is 0 Å². The zero-order chi connectivity index (χ0) is 18.7. The van der Waals surface area contributed by atoms with Crippen molar-refractivity contribution in [2.24, 2.45) is 11.3 Å². The lowest BCUT2D eigenvalue weighted by molar-refractivity contribution is -0.176. The number of carboxylic acid groups (broad SMARTS) is 1. The van der Waals surface area contributed by atoms with E-state index in [1.54, 1.807) is 0 Å². The van der Waals surface area contributed by atoms with Gasteiger partial charge < -0.3 is 9.84 Å². The normalized spacial score (nSPS) is 19.2. The molecule has 1 saturated carbocycles. The maximum atomic E-state index is 12.8. The van der Waals surface area contributed by atoms with E-state index in [9.17, 15) is 14.7 Å². The maximum absolute atomic E-state index is 12.8. The molecule has 1 rings (SSSR count). The second-order valence-corrected chi connectivity index (χ2v) is 7.76. The van der Waals surface area contributed by atoms with Gasteiger partial charge in [0.2, 0.25) is 0 Å². The monoisotopic (exact) mass is 354 g/mol. The molecule has 0 radical (unpaired) electrons. The number of carbonyl (C=O) groups excluding carboxylic acids is 1. The molecule has 0 aromatic heterocycles. The van der Waals surface area contributed by atoms with Crippen LogP contribution < -0.4 is 0 Å². The molecule has 1 N–H and O–H groups in total. The molecule has 0 saturated heterocycles. The predicted octanol–water partition coefficient (Wildman–Crippen LogP) is 5.73. The number of hydrogen-bond donors (Lipinski definition) is 1. The van der Waals surface area contributed by atoms with Crippen molar-refractivity contribution in [3.05, 3.63) is 0 Å². The van der Waals surface area contributed by atoms with Crippen molar-refractivity contribution in [1.82, 2.24) is 0 Å². The summed E-state index contributed by atoms with van der Waals surface area (Å²) >= 11 is 0. The van der Waals surface area contributed by atoms with Crippen LogP contribution in [0.25, 0.3) is 0 Å². The summed E-state index contributed by atoms with van der Waals surface area (Å²) in [6, 6.07) is 0. The van der Waals surface area contributed by atoms with Gasteiger partial charge in [0.1, 0.15) is 6.10 Å². The molecule has 2 unspecified atom stereocenters. The molecule has 1 fully saturated rings. The van der Waals surface area contributed by atoms with Gasteiger partial charge in [0.25, 0.3) is 0 Å². The molecule has 4 nitrogen and oxygen atoms in total. The first-order chi connectivity index (χ1) is 12.0. The van der Waals surface area contributed by atoms with Crippen molar-refractivity contribution in [2.75, 3.05) is 0 Å². The molecule has 0 aliphatic heterocycles. The van der Waals surface area contributed by atoms with E-state index in [1.165, 1.54) is 12.8 Å². The molecule has 1 aliphatic carbocycles. The Morgan fingerprint density at radius 2 is 1.64 bits per heavy atom. The summed E-state index contributed by atoms with van der Waals surface area (Å²) in [5.41, 5.74) is -1.30. The van der Waals surface area contributed by atoms with Gasteiger partial charge in [0.15, 0.2) is 5.41 Å². The molecule has 146 valence electrons. The van der Waals surface area contributed by atoms with E-state index in [1.807, 2.05) is 0 Å². The SMILES string of the molecule is CCCCC(CCC(CC)CCC)OC(=O)C1(C(=O)O)CCCCC1. The Bertz CT molecular complexity index is 399. The zero-order valence-electron chi connectivity index (χ0n) is 16.5. The quantitative estimate of drug-likeness (QED) is 0.359. The van der Waals surface area contributed by atoms with Crippen molar-refractivity contribution >= 4 is 11.9 Å². The molecule has 1 aliphatic rings. The first-order valence-electron chi connectivity index (χ1n) is 10.4. The first-order valence-corrected chi connectivity index (χ1v) is 10.4. The van der Waals surface area contributed by atoms with Crippen LogP contribution >= 0.6 is 0 Å². The van der Waals surface area contributed by atoms with E-state index in [4.69, 9.17) is 4.74 Å². The lowest BCUT2D eigenvalue weighted by atomic mass is 9.74. The summed E-state index contributed by atoms with van der Waals surface area (Å²) < 4.78 is 5.81. The van der Waals surface area contributed by atoms with Crippen LogP contribution in [0.1, 0.15) is 104 Å². The molecule has 4 heteroatoms. The summed E-state index contributed by atoms with van der Waals surface area (Å²) in [7, 11) is 0. The second-order valence-electron chi connectivity index (χ2n) is 7.76. The van der Waals surface area contributed by atoms with Crippen LogP contribution in [0.15, 0.2) is 0 Å². The largest absolute Gasteiger partial charge is 0.480 e. The molecule has 0 amide bonds. The molecule has 2 atom stereocenters. The van der Waals surface area contributed by atoms with Gasteiger partial charge >= 0.3 is 11.9 Å². The van der Waals surface area contributed by atoms with Crippen molar-refractivity contribution < 1.29 is 19.4 Å². The van der Waals surface area contributed by atoms with Crippen LogP contribution in [0, 0.1) is 11.3 Å². The first kappa shape index (κ1) is 22.0. The minimum absolute atomic E-state index is 0.128. The summed E-state index contributed by atoms with van der Waals surface area (Å²) in [5.74, 6) is -0.802. The fraction of sp³-hybridized carbons (Fsp3) is 0.905. The van der Waals surface area contributed by atoms with Gasteiger partial charge in [-0.1, -0.05) is 72.1 Å². The smallest absolute Gasteiger partial charge is 0.323 e. The number of unbranched alkanes of at least 4 members (excludes halogenated alkanes) is 1. The number of esters is 1. The number of carbonyl (C=O) groups is 2. The van der Waals surface area contributed by atoms with Crippen molar-refractivity contribution in [1.29, 1.82) is 0 Å². The van der Waals surface area contributed by atoms with Crippen LogP contribution in [0.2, 0.25) is 0 Å². The van der Waals surface area contributed by atoms with E-state index in [-0.39, 0.29) is 6.10 Å². The number of aliphatic carboxylic acids is 1. The Labute approximate surface area is 153 Å². The fourth-order valence-corrected chi connectivity index (χ4v) is 4.00. The molecule has 0 bridgehead atoms. The number of ether oxygens (including phenoxy) is 1. The van der Waals surface area contributed by atoms with Crippen LogP contribution in [0.4, 0.5) is 0 Å². The maximum Gasteiger partial charge on any atom is 0.323 e. The van der Waals surface area contributed by atoms with Gasteiger partial charge in [-0.15, -0.1) is 0 Å². The number of hydrogen-bond acceptors (Lipinski definition) is 3. The predicted molar refractivity (Wildman–Crippen MR) is 100 cm³/mol. The highest BCUT2D eigenvalue weighted by Crippen LogP contribution is 2.38. The molecular formula is C21H38O4. The van der Waals surface area contributed by atoms with Gasteiger partial charge in [-0.3, -0.25) is 9.59 Å². The molecule has 0 aromatic rings. The lowest BCUT2D eigenvalue weighted by Crippen LogP contribution is -2.43. The van der Waals surface area contributed by atoms with Gasteiger partial charge in [-0.2, -0.15) is 0 Å². The Kier molecular flexibility index (Phi) is 10.1. The standard InChI is InChI=1S/C21H38O4/c1-4-7-12-18(14-13-17(6-3)11-5-2)25-20(24)21(19(22)23)15-9-8-10-16-21/h17-18H,4-16H2,1-3H3,(H,22,23). The zero-order valence-corrected chi connectivity index (χ0v) is 16.5. The van der Waals surface area contributed by atoms with E-state index in [0.717, 1.165) is 57.8 Å². The average Bonchev–Trinajstić information content (AvgIpc) is 2.62. The number of carboxylic acids is 1. The summed E-state index contributed by atoms with van der Waals surface area (Å²) in [6.07, 6.45) is 11.7. The molecule has 25 heavy (non-hydrogen) atoms. The Morgan fingerprint density at radius 1 is 0.960 bits per heavy atom. The summed E-state index contributed by atoms with van der Waals surface area (Å²) in [5, 5.41) is 9.67. The fourth-order valence-electron chi connectivity index (χ4n) is 4.00. The minimum Gasteiger partial charge on any atom is -0.480 e. The highest BCUT2D eigenvalue weighted by Gasteiger charge is 2.48. The van der Waals surface area contributed by atoms with Crippen molar-refractivity contribution in [3.8, 4) is 0 Å². The van der Waals surface area contributed by atoms with E-state index in [0.29, 0.717) is 18.8 Å². The second kappa shape index (κ2) is 11.5. The highest BCUT2D eigenvalue weighted by atomic mass is 16.5. The highest BCUT2D eigenvalue weighted by molar-refractivity contribution is 5.99. The minimum atomic E-state index is -1.30. The Morgan fingerprint density at radius 3 is 2.16 bits per heavy atom. The van der Waals surface area contributed by atoms with Crippen LogP contribution in [-0.2, 0) is 14.3 Å². The molecular weight excluding hydrogens is 316 g/mol. The third kappa shape index (κ3) is 6.63. The van der Waals surface area contributed by atoms with Gasteiger partial charge in [-0.25, -0.2) is 0 Å². The van der Waals surface area contributed by atoms with Crippen LogP contribution in [-0.4, -0.2) is 23.1 Å². The van der Waals surface area contributed by atoms with Crippen LogP contribution in [0.5, 0.6) is 0 Å². The van der Waals surface area contributed by atoms with Crippen molar-refractivity contribution in [2.45, 2.75) is 110 Å². The van der Waals surface area contributed by atoms with Gasteiger partial charge in [-0.05, 0) is 38.0 Å². The Hall–Kier alpha value is -1.06. The van der Waals surface area contributed by atoms with Crippen molar-refractivity contribution in [3.63, 3.8) is 0 Å². The molecule has 0 spiro atoms. The summed E-state index contributed by atoms with van der Waals surface area (Å²) in [6.45, 7) is 6.55. The number of rotatable bonds is 12. The Balaban J connectivity index is 2.71. The summed E-state index contributed by atoms with van der Waals surface area (Å²) in [4.78, 5) is 24.6. The van der Waals surface area contributed by atoms with E-state index in [2.05, 4.69) is 20.8 Å². The van der Waals surface area contributed by atoms with Crippen LogP contribution in [0.3, 0.4) is 0 Å².